The van der Waals surface area contributed by atoms with E-state index in [4.69, 9.17) is 4.99 Å². The molecule has 5 aromatic rings. The molecule has 4 heterocycles. The Morgan fingerprint density at radius 3 is 2.30 bits per heavy atom. The molecule has 0 amide bonds. The second kappa shape index (κ2) is 19.4. The Balaban J connectivity index is 0.746. The van der Waals surface area contributed by atoms with Crippen molar-refractivity contribution in [1.29, 1.82) is 0 Å². The maximum absolute atomic E-state index is 5.41. The molecular formula is C70H66N4. The molecule has 366 valence electrons. The van der Waals surface area contributed by atoms with Crippen LogP contribution in [0.5, 0.6) is 0 Å². The van der Waals surface area contributed by atoms with Crippen molar-refractivity contribution >= 4 is 50.0 Å². The third kappa shape index (κ3) is 8.37. The summed E-state index contributed by atoms with van der Waals surface area (Å²) in [6.07, 6.45) is 56.2. The number of hydrogen-bond donors (Lipinski definition) is 1. The minimum absolute atomic E-state index is 0.150. The number of anilines is 1. The van der Waals surface area contributed by atoms with Crippen LogP contribution in [0.15, 0.2) is 239 Å². The fraction of sp³-hybridized carbons (Fsp3) is 0.271. The number of fused-ring (bicyclic) bond motifs is 6. The van der Waals surface area contributed by atoms with Crippen LogP contribution in [0.2, 0.25) is 0 Å². The standard InChI is InChI=1S/C70H66N4/c1-5-18-48(19-6-1)63-43-55(44-64(71-63)49-20-7-2-8-21-49)47-32-36-57(37-33-47)73-67-30-15-13-28-59(67)61-41-53(34-38-69(61)73)54-35-39-70-62(42-54)60-29-14-16-31-68(60)74(70)58-27-17-26-52(40-58)56-45-65(50-22-9-3-10-23-50)72-66(46-56)51-24-11-4-12-25-51/h1,3,5-7,9,11,13-22,24-30,32,34-35,38-43,45,55,57,62,64,66,68,70-71H,2,4,8,10,12,23,31,33,36-37,44,46H2. The minimum Gasteiger partial charge on any atom is -0.378 e. The molecule has 1 N–H and O–H groups in total. The van der Waals surface area contributed by atoms with Gasteiger partial charge >= 0.3 is 0 Å². The normalized spacial score (nSPS) is 27.2. The Bertz CT molecular complexity index is 3520. The predicted molar refractivity (Wildman–Crippen MR) is 312 cm³/mol. The second-order valence-corrected chi connectivity index (χ2v) is 22.0. The van der Waals surface area contributed by atoms with Gasteiger partial charge in [-0.05, 0) is 164 Å². The third-order valence-corrected chi connectivity index (χ3v) is 17.7. The van der Waals surface area contributed by atoms with E-state index in [0.29, 0.717) is 30.0 Å². The molecule has 9 aliphatic rings. The van der Waals surface area contributed by atoms with Gasteiger partial charge in [0.1, 0.15) is 0 Å². The molecule has 1 saturated heterocycles. The summed E-state index contributed by atoms with van der Waals surface area (Å²) in [6.45, 7) is 0. The second-order valence-electron chi connectivity index (χ2n) is 22.0. The fourth-order valence-corrected chi connectivity index (χ4v) is 14.0. The topological polar surface area (TPSA) is 32.6 Å². The van der Waals surface area contributed by atoms with E-state index >= 15 is 0 Å². The van der Waals surface area contributed by atoms with Crippen molar-refractivity contribution in [3.8, 4) is 0 Å². The number of rotatable bonds is 9. The van der Waals surface area contributed by atoms with E-state index in [-0.39, 0.29) is 12.1 Å². The molecule has 74 heavy (non-hydrogen) atoms. The molecule has 0 spiro atoms. The molecule has 1 fully saturated rings. The van der Waals surface area contributed by atoms with Crippen molar-refractivity contribution in [1.82, 2.24) is 9.88 Å². The summed E-state index contributed by atoms with van der Waals surface area (Å²) in [7, 11) is 0. The zero-order valence-electron chi connectivity index (χ0n) is 42.5. The van der Waals surface area contributed by atoms with E-state index in [2.05, 4.69) is 221 Å². The summed E-state index contributed by atoms with van der Waals surface area (Å²) < 4.78 is 2.69. The molecule has 4 aromatic carbocycles. The monoisotopic (exact) mass is 963 g/mol. The van der Waals surface area contributed by atoms with Gasteiger partial charge in [0.2, 0.25) is 0 Å². The number of dihydropyridines is 1. The van der Waals surface area contributed by atoms with Crippen molar-refractivity contribution in [2.75, 3.05) is 4.90 Å². The van der Waals surface area contributed by atoms with Gasteiger partial charge in [-0.25, -0.2) is 0 Å². The summed E-state index contributed by atoms with van der Waals surface area (Å²) in [5.74, 6) is 0.728. The van der Waals surface area contributed by atoms with Gasteiger partial charge in [0.25, 0.3) is 0 Å². The zero-order valence-corrected chi connectivity index (χ0v) is 42.5. The van der Waals surface area contributed by atoms with Gasteiger partial charge in [-0.2, -0.15) is 0 Å². The number of hydrogen-bond acceptors (Lipinski definition) is 3. The van der Waals surface area contributed by atoms with Crippen molar-refractivity contribution in [2.45, 2.75) is 107 Å². The average Bonchev–Trinajstić information content (AvgIpc) is 4.01. The van der Waals surface area contributed by atoms with Crippen LogP contribution in [-0.2, 0) is 0 Å². The molecule has 7 unspecified atom stereocenters. The average molecular weight is 963 g/mol. The molecule has 6 aliphatic carbocycles. The van der Waals surface area contributed by atoms with Gasteiger partial charge < -0.3 is 14.8 Å². The zero-order chi connectivity index (χ0) is 49.0. The number of allylic oxidation sites excluding steroid dienone is 16. The Morgan fingerprint density at radius 1 is 0.622 bits per heavy atom. The van der Waals surface area contributed by atoms with Crippen LogP contribution in [-0.4, -0.2) is 34.4 Å². The Kier molecular flexibility index (Phi) is 11.9. The summed E-state index contributed by atoms with van der Waals surface area (Å²) in [5.41, 5.74) is 20.4. The maximum Gasteiger partial charge on any atom is 0.0793 e. The van der Waals surface area contributed by atoms with Crippen LogP contribution < -0.4 is 10.2 Å². The van der Waals surface area contributed by atoms with Crippen molar-refractivity contribution in [3.63, 3.8) is 0 Å². The van der Waals surface area contributed by atoms with Crippen LogP contribution in [0.1, 0.15) is 99.8 Å². The van der Waals surface area contributed by atoms with Gasteiger partial charge in [-0.3, -0.25) is 4.99 Å². The smallest absolute Gasteiger partial charge is 0.0793 e. The summed E-state index contributed by atoms with van der Waals surface area (Å²) in [6, 6.07) is 38.4. The Hall–Kier alpha value is -7.43. The predicted octanol–water partition coefficient (Wildman–Crippen LogP) is 16.6. The van der Waals surface area contributed by atoms with Crippen molar-refractivity contribution in [3.05, 3.63) is 251 Å². The SMILES string of the molecule is C1=CCCC(C2=NC(C3=CCCC=C3)CC(c3cccc(N4C5CC=CC=C5C5C=C(c6ccc7c(c6)c6ccccc6n7C6CC=C(C7C=C(c8ccccc8)NC(C8=CCCC=C8)C7)CC6)C=CC54)c3)=C2)=C1. The lowest BCUT2D eigenvalue weighted by Gasteiger charge is -2.35. The maximum atomic E-state index is 5.41. The molecule has 7 atom stereocenters. The molecule has 0 bridgehead atoms. The molecule has 4 heteroatoms. The summed E-state index contributed by atoms with van der Waals surface area (Å²) in [4.78, 5) is 8.14. The number of nitrogens with one attached hydrogen (secondary N) is 1. The highest BCUT2D eigenvalue weighted by atomic mass is 15.2. The first kappa shape index (κ1) is 45.2. The Morgan fingerprint density at radius 2 is 1.46 bits per heavy atom. The van der Waals surface area contributed by atoms with E-state index in [1.165, 1.54) is 83.3 Å². The number of aromatic nitrogens is 1. The lowest BCUT2D eigenvalue weighted by Crippen LogP contribution is -2.37. The number of benzene rings is 4. The highest BCUT2D eigenvalue weighted by molar-refractivity contribution is 6.13. The van der Waals surface area contributed by atoms with E-state index in [1.807, 2.05) is 0 Å². The van der Waals surface area contributed by atoms with E-state index in [1.54, 1.807) is 5.57 Å². The van der Waals surface area contributed by atoms with E-state index < -0.39 is 0 Å². The van der Waals surface area contributed by atoms with Crippen LogP contribution in [0.3, 0.4) is 0 Å². The summed E-state index contributed by atoms with van der Waals surface area (Å²) >= 11 is 0. The van der Waals surface area contributed by atoms with Gasteiger partial charge in [-0.1, -0.05) is 176 Å². The van der Waals surface area contributed by atoms with Gasteiger partial charge in [-0.15, -0.1) is 0 Å². The van der Waals surface area contributed by atoms with Crippen LogP contribution in [0.25, 0.3) is 38.6 Å². The first-order chi connectivity index (χ1) is 36.7. The molecule has 4 nitrogen and oxygen atoms in total. The van der Waals surface area contributed by atoms with E-state index in [0.717, 1.165) is 82.8 Å². The molecule has 0 radical (unpaired) electrons. The lowest BCUT2D eigenvalue weighted by atomic mass is 9.79. The largest absolute Gasteiger partial charge is 0.378 e. The van der Waals surface area contributed by atoms with Crippen molar-refractivity contribution < 1.29 is 0 Å². The van der Waals surface area contributed by atoms with E-state index in [9.17, 15) is 0 Å². The van der Waals surface area contributed by atoms with Crippen LogP contribution in [0, 0.1) is 11.8 Å². The first-order valence-electron chi connectivity index (χ1n) is 28.0. The molecule has 1 aromatic heterocycles. The highest BCUT2D eigenvalue weighted by Gasteiger charge is 2.44. The van der Waals surface area contributed by atoms with Gasteiger partial charge in [0.15, 0.2) is 0 Å². The Labute approximate surface area is 437 Å². The van der Waals surface area contributed by atoms with Crippen LogP contribution >= 0.6 is 0 Å². The molecule has 3 aliphatic heterocycles. The highest BCUT2D eigenvalue weighted by Crippen LogP contribution is 2.48. The number of nitrogens with zero attached hydrogens (tertiary/aromatic N) is 3. The van der Waals surface area contributed by atoms with Gasteiger partial charge in [0, 0.05) is 51.1 Å². The quantitative estimate of drug-likeness (QED) is 0.149. The lowest BCUT2D eigenvalue weighted by molar-refractivity contribution is 0.442. The van der Waals surface area contributed by atoms with Gasteiger partial charge in [0.05, 0.1) is 29.9 Å². The minimum atomic E-state index is 0.150. The summed E-state index contributed by atoms with van der Waals surface area (Å²) in [5, 5.41) is 6.67. The molecule has 0 saturated carbocycles. The van der Waals surface area contributed by atoms with Crippen molar-refractivity contribution in [2.24, 2.45) is 16.8 Å². The molecule has 14 rings (SSSR count). The van der Waals surface area contributed by atoms with Crippen LogP contribution in [0.4, 0.5) is 5.69 Å². The number of para-hydroxylation sites is 1. The molecular weight excluding hydrogens is 897 g/mol. The third-order valence-electron chi connectivity index (χ3n) is 17.7. The fourth-order valence-electron chi connectivity index (χ4n) is 14.0. The first-order valence-corrected chi connectivity index (χ1v) is 28.0. The number of aliphatic imine (C=N–C) groups is 1.